The second-order valence-electron chi connectivity index (χ2n) is 4.70. The number of unbranched alkanes of at least 4 members (excludes halogenated alkanes) is 1. The van der Waals surface area contributed by atoms with Crippen LogP contribution in [0.15, 0.2) is 24.3 Å². The summed E-state index contributed by atoms with van der Waals surface area (Å²) in [5, 5.41) is 9.27. The zero-order valence-corrected chi connectivity index (χ0v) is 12.7. The van der Waals surface area contributed by atoms with Crippen molar-refractivity contribution in [3.63, 3.8) is 0 Å². The Labute approximate surface area is 120 Å². The number of piperazine rings is 1. The van der Waals surface area contributed by atoms with Gasteiger partial charge in [0.1, 0.15) is 5.75 Å². The highest BCUT2D eigenvalue weighted by Crippen LogP contribution is 2.19. The molecule has 2 rings (SSSR count). The minimum Gasteiger partial charge on any atom is -0.508 e. The van der Waals surface area contributed by atoms with Crippen molar-refractivity contribution in [2.24, 2.45) is 0 Å². The molecule has 1 saturated heterocycles. The fourth-order valence-electron chi connectivity index (χ4n) is 2.27. The van der Waals surface area contributed by atoms with Crippen LogP contribution in [0.4, 0.5) is 5.69 Å². The molecule has 1 aromatic rings. The lowest BCUT2D eigenvalue weighted by Crippen LogP contribution is -2.46. The average molecular weight is 315 g/mol. The van der Waals surface area contributed by atoms with Gasteiger partial charge in [0, 0.05) is 31.9 Å². The van der Waals surface area contributed by atoms with Crippen LogP contribution >= 0.6 is 17.0 Å². The van der Waals surface area contributed by atoms with Crippen molar-refractivity contribution in [1.82, 2.24) is 4.90 Å². The summed E-state index contributed by atoms with van der Waals surface area (Å²) in [6.07, 6.45) is 2.58. The Kier molecular flexibility index (Phi) is 6.50. The molecule has 0 radical (unpaired) electrons. The molecule has 102 valence electrons. The van der Waals surface area contributed by atoms with Crippen molar-refractivity contribution < 1.29 is 5.11 Å². The molecule has 1 fully saturated rings. The van der Waals surface area contributed by atoms with Gasteiger partial charge in [-0.2, -0.15) is 0 Å². The van der Waals surface area contributed by atoms with E-state index in [-0.39, 0.29) is 17.0 Å². The van der Waals surface area contributed by atoms with E-state index < -0.39 is 0 Å². The molecule has 0 saturated carbocycles. The SMILES string of the molecule is Br.CCCCN1CCN(c2ccc(O)cc2)CC1. The van der Waals surface area contributed by atoms with E-state index in [9.17, 15) is 5.11 Å². The van der Waals surface area contributed by atoms with Gasteiger partial charge in [0.2, 0.25) is 0 Å². The molecule has 1 N–H and O–H groups in total. The van der Waals surface area contributed by atoms with Gasteiger partial charge in [0.15, 0.2) is 0 Å². The quantitative estimate of drug-likeness (QED) is 0.925. The molecule has 18 heavy (non-hydrogen) atoms. The van der Waals surface area contributed by atoms with Gasteiger partial charge in [-0.3, -0.25) is 4.90 Å². The van der Waals surface area contributed by atoms with Crippen LogP contribution in [0.25, 0.3) is 0 Å². The van der Waals surface area contributed by atoms with E-state index >= 15 is 0 Å². The smallest absolute Gasteiger partial charge is 0.115 e. The summed E-state index contributed by atoms with van der Waals surface area (Å²) in [4.78, 5) is 4.93. The second-order valence-corrected chi connectivity index (χ2v) is 4.70. The molecule has 0 unspecified atom stereocenters. The van der Waals surface area contributed by atoms with Gasteiger partial charge in [-0.1, -0.05) is 13.3 Å². The Morgan fingerprint density at radius 1 is 1.06 bits per heavy atom. The third-order valence-corrected chi connectivity index (χ3v) is 3.42. The maximum atomic E-state index is 9.27. The molecule has 1 aromatic carbocycles. The van der Waals surface area contributed by atoms with Crippen molar-refractivity contribution in [2.45, 2.75) is 19.8 Å². The van der Waals surface area contributed by atoms with Crippen molar-refractivity contribution in [3.8, 4) is 5.75 Å². The van der Waals surface area contributed by atoms with E-state index in [0.717, 1.165) is 26.2 Å². The minimum absolute atomic E-state index is 0. The zero-order valence-electron chi connectivity index (χ0n) is 11.0. The Morgan fingerprint density at radius 3 is 2.22 bits per heavy atom. The van der Waals surface area contributed by atoms with Crippen LogP contribution in [-0.2, 0) is 0 Å². The molecule has 1 aliphatic heterocycles. The molecule has 0 aliphatic carbocycles. The number of anilines is 1. The van der Waals surface area contributed by atoms with Gasteiger partial charge in [0.25, 0.3) is 0 Å². The number of rotatable bonds is 4. The van der Waals surface area contributed by atoms with Crippen LogP contribution in [0.3, 0.4) is 0 Å². The van der Waals surface area contributed by atoms with E-state index in [2.05, 4.69) is 16.7 Å². The average Bonchev–Trinajstić information content (AvgIpc) is 2.38. The van der Waals surface area contributed by atoms with Crippen LogP contribution in [-0.4, -0.2) is 42.7 Å². The third kappa shape index (κ3) is 4.18. The maximum Gasteiger partial charge on any atom is 0.115 e. The first-order valence-electron chi connectivity index (χ1n) is 6.56. The van der Waals surface area contributed by atoms with Crippen LogP contribution in [0.2, 0.25) is 0 Å². The maximum absolute atomic E-state index is 9.27. The number of hydrogen-bond donors (Lipinski definition) is 1. The lowest BCUT2D eigenvalue weighted by molar-refractivity contribution is 0.254. The number of benzene rings is 1. The van der Waals surface area contributed by atoms with E-state index in [0.29, 0.717) is 5.75 Å². The fraction of sp³-hybridized carbons (Fsp3) is 0.571. The highest BCUT2D eigenvalue weighted by atomic mass is 79.9. The summed E-state index contributed by atoms with van der Waals surface area (Å²) in [6, 6.07) is 7.52. The Morgan fingerprint density at radius 2 is 1.67 bits per heavy atom. The molecule has 0 atom stereocenters. The monoisotopic (exact) mass is 314 g/mol. The van der Waals surface area contributed by atoms with Gasteiger partial charge in [0.05, 0.1) is 0 Å². The van der Waals surface area contributed by atoms with Crippen LogP contribution in [0, 0.1) is 0 Å². The Bertz CT molecular complexity index is 334. The number of phenols is 1. The second kappa shape index (κ2) is 7.64. The first-order chi connectivity index (χ1) is 8.29. The molecule has 1 aliphatic rings. The minimum atomic E-state index is 0. The summed E-state index contributed by atoms with van der Waals surface area (Å²) in [5.74, 6) is 0.343. The van der Waals surface area contributed by atoms with Crippen LogP contribution in [0.5, 0.6) is 5.75 Å². The molecular weight excluding hydrogens is 292 g/mol. The molecular formula is C14H23BrN2O. The van der Waals surface area contributed by atoms with Gasteiger partial charge in [-0.15, -0.1) is 17.0 Å². The lowest BCUT2D eigenvalue weighted by atomic mass is 10.2. The van der Waals surface area contributed by atoms with Gasteiger partial charge >= 0.3 is 0 Å². The van der Waals surface area contributed by atoms with E-state index in [4.69, 9.17) is 0 Å². The zero-order chi connectivity index (χ0) is 12.1. The van der Waals surface area contributed by atoms with Gasteiger partial charge in [-0.25, -0.2) is 0 Å². The highest BCUT2D eigenvalue weighted by molar-refractivity contribution is 8.93. The lowest BCUT2D eigenvalue weighted by Gasteiger charge is -2.36. The molecule has 1 heterocycles. The number of aromatic hydroxyl groups is 1. The predicted octanol–water partition coefficient (Wildman–Crippen LogP) is 2.89. The van der Waals surface area contributed by atoms with Crippen molar-refractivity contribution in [3.05, 3.63) is 24.3 Å². The molecule has 3 nitrogen and oxygen atoms in total. The predicted molar refractivity (Wildman–Crippen MR) is 82.0 cm³/mol. The summed E-state index contributed by atoms with van der Waals surface area (Å²) < 4.78 is 0. The highest BCUT2D eigenvalue weighted by Gasteiger charge is 2.16. The van der Waals surface area contributed by atoms with E-state index in [1.54, 1.807) is 12.1 Å². The fourth-order valence-corrected chi connectivity index (χ4v) is 2.27. The van der Waals surface area contributed by atoms with Crippen molar-refractivity contribution in [2.75, 3.05) is 37.6 Å². The molecule has 0 amide bonds. The molecule has 0 bridgehead atoms. The summed E-state index contributed by atoms with van der Waals surface area (Å²) in [7, 11) is 0. The third-order valence-electron chi connectivity index (χ3n) is 3.42. The first-order valence-corrected chi connectivity index (χ1v) is 6.56. The number of halogens is 1. The standard InChI is InChI=1S/C14H22N2O.BrH/c1-2-3-8-15-9-11-16(12-10-15)13-4-6-14(17)7-5-13;/h4-7,17H,2-3,8-12H2,1H3;1H. The Hall–Kier alpha value is -0.740. The normalized spacial score (nSPS) is 16.4. The summed E-state index contributed by atoms with van der Waals surface area (Å²) in [6.45, 7) is 7.97. The first kappa shape index (κ1) is 15.3. The number of nitrogens with zero attached hydrogens (tertiary/aromatic N) is 2. The van der Waals surface area contributed by atoms with Gasteiger partial charge in [-0.05, 0) is 37.2 Å². The van der Waals surface area contributed by atoms with Gasteiger partial charge < -0.3 is 10.0 Å². The molecule has 0 aromatic heterocycles. The van der Waals surface area contributed by atoms with Crippen LogP contribution < -0.4 is 4.90 Å². The summed E-state index contributed by atoms with van der Waals surface area (Å²) in [5.41, 5.74) is 1.22. The largest absolute Gasteiger partial charge is 0.508 e. The molecule has 4 heteroatoms. The number of phenolic OH excluding ortho intramolecular Hbond substituents is 1. The Balaban J connectivity index is 0.00000162. The molecule has 0 spiro atoms. The van der Waals surface area contributed by atoms with E-state index in [1.807, 2.05) is 12.1 Å². The number of hydrogen-bond acceptors (Lipinski definition) is 3. The van der Waals surface area contributed by atoms with E-state index in [1.165, 1.54) is 25.1 Å². The van der Waals surface area contributed by atoms with Crippen molar-refractivity contribution >= 4 is 22.7 Å². The van der Waals surface area contributed by atoms with Crippen molar-refractivity contribution in [1.29, 1.82) is 0 Å². The summed E-state index contributed by atoms with van der Waals surface area (Å²) >= 11 is 0. The van der Waals surface area contributed by atoms with Crippen LogP contribution in [0.1, 0.15) is 19.8 Å². The topological polar surface area (TPSA) is 26.7 Å².